The molecule has 0 aliphatic carbocycles. The lowest BCUT2D eigenvalue weighted by Crippen LogP contribution is -2.22. The largest absolute Gasteiger partial charge is 0.363 e. The van der Waals surface area contributed by atoms with Crippen LogP contribution in [0.2, 0.25) is 0 Å². The summed E-state index contributed by atoms with van der Waals surface area (Å²) in [5, 5.41) is 16.5. The summed E-state index contributed by atoms with van der Waals surface area (Å²) in [4.78, 5) is 18.5. The van der Waals surface area contributed by atoms with Gasteiger partial charge in [0.1, 0.15) is 5.69 Å². The van der Waals surface area contributed by atoms with Gasteiger partial charge in [0.15, 0.2) is 0 Å². The van der Waals surface area contributed by atoms with Crippen LogP contribution in [0.3, 0.4) is 0 Å². The zero-order chi connectivity index (χ0) is 14.6. The Morgan fingerprint density at radius 1 is 1.47 bits per heavy atom. The summed E-state index contributed by atoms with van der Waals surface area (Å²) >= 11 is 0. The zero-order valence-corrected chi connectivity index (χ0v) is 12.1. The standard InChI is InChI=1S/C10H17N5O3S/c1-6(19(4)18)5-12-9-8(15(16)17)7(2)13-10(11-3)14-9/h6H,5H2,1-4H3,(H2,11,12,13,14). The summed E-state index contributed by atoms with van der Waals surface area (Å²) in [6.45, 7) is 3.68. The molecular weight excluding hydrogens is 270 g/mol. The molecule has 2 N–H and O–H groups in total. The zero-order valence-electron chi connectivity index (χ0n) is 11.3. The Hall–Kier alpha value is -1.77. The molecule has 0 saturated carbocycles. The van der Waals surface area contributed by atoms with Gasteiger partial charge in [-0.15, -0.1) is 0 Å². The first-order valence-electron chi connectivity index (χ1n) is 5.63. The van der Waals surface area contributed by atoms with E-state index in [1.165, 1.54) is 0 Å². The van der Waals surface area contributed by atoms with Crippen LogP contribution in [0, 0.1) is 17.0 Å². The van der Waals surface area contributed by atoms with E-state index >= 15 is 0 Å². The van der Waals surface area contributed by atoms with Crippen molar-refractivity contribution in [2.75, 3.05) is 30.5 Å². The molecule has 1 heterocycles. The van der Waals surface area contributed by atoms with Gasteiger partial charge in [0.05, 0.1) is 4.92 Å². The highest BCUT2D eigenvalue weighted by Crippen LogP contribution is 2.26. The lowest BCUT2D eigenvalue weighted by atomic mass is 10.3. The second-order valence-corrected chi connectivity index (χ2v) is 5.83. The highest BCUT2D eigenvalue weighted by molar-refractivity contribution is 7.84. The van der Waals surface area contributed by atoms with E-state index in [2.05, 4.69) is 20.6 Å². The van der Waals surface area contributed by atoms with E-state index in [9.17, 15) is 14.3 Å². The van der Waals surface area contributed by atoms with Crippen molar-refractivity contribution in [1.29, 1.82) is 0 Å². The maximum atomic E-state index is 11.3. The van der Waals surface area contributed by atoms with Crippen molar-refractivity contribution in [1.82, 2.24) is 9.97 Å². The minimum Gasteiger partial charge on any atom is -0.363 e. The number of hydrogen-bond acceptors (Lipinski definition) is 7. The molecule has 0 aliphatic rings. The van der Waals surface area contributed by atoms with Crippen molar-refractivity contribution in [3.05, 3.63) is 15.8 Å². The van der Waals surface area contributed by atoms with E-state index in [4.69, 9.17) is 0 Å². The first-order chi connectivity index (χ1) is 8.86. The summed E-state index contributed by atoms with van der Waals surface area (Å²) in [5.41, 5.74) is 0.116. The average molecular weight is 287 g/mol. The molecule has 106 valence electrons. The third-order valence-electron chi connectivity index (χ3n) is 2.59. The van der Waals surface area contributed by atoms with Crippen molar-refractivity contribution >= 4 is 28.3 Å². The molecule has 2 atom stereocenters. The van der Waals surface area contributed by atoms with E-state index in [1.54, 1.807) is 27.2 Å². The Balaban J connectivity index is 3.06. The molecule has 0 fully saturated rings. The quantitative estimate of drug-likeness (QED) is 0.591. The fraction of sp³-hybridized carbons (Fsp3) is 0.600. The summed E-state index contributed by atoms with van der Waals surface area (Å²) in [7, 11) is 0.628. The Morgan fingerprint density at radius 2 is 2.11 bits per heavy atom. The smallest absolute Gasteiger partial charge is 0.332 e. The van der Waals surface area contributed by atoms with Crippen molar-refractivity contribution in [2.24, 2.45) is 0 Å². The van der Waals surface area contributed by atoms with Crippen LogP contribution < -0.4 is 10.6 Å². The summed E-state index contributed by atoms with van der Waals surface area (Å²) in [5.74, 6) is 0.440. The second-order valence-electron chi connectivity index (χ2n) is 4.03. The van der Waals surface area contributed by atoms with Crippen LogP contribution in [0.15, 0.2) is 0 Å². The Labute approximate surface area is 113 Å². The molecule has 0 amide bonds. The monoisotopic (exact) mass is 287 g/mol. The van der Waals surface area contributed by atoms with E-state index in [1.807, 2.05) is 0 Å². The molecule has 0 spiro atoms. The van der Waals surface area contributed by atoms with Gasteiger partial charge in [0.2, 0.25) is 11.8 Å². The van der Waals surface area contributed by atoms with E-state index < -0.39 is 15.7 Å². The van der Waals surface area contributed by atoms with Gasteiger partial charge in [-0.05, 0) is 13.8 Å². The lowest BCUT2D eigenvalue weighted by Gasteiger charge is -2.12. The molecule has 2 unspecified atom stereocenters. The predicted octanol–water partition coefficient (Wildman–Crippen LogP) is 0.914. The van der Waals surface area contributed by atoms with Crippen molar-refractivity contribution < 1.29 is 9.13 Å². The molecule has 0 aromatic carbocycles. The molecule has 1 aromatic heterocycles. The van der Waals surface area contributed by atoms with Gasteiger partial charge in [0, 0.05) is 35.9 Å². The summed E-state index contributed by atoms with van der Waals surface area (Å²) in [6.07, 6.45) is 1.59. The van der Waals surface area contributed by atoms with Gasteiger partial charge in [-0.25, -0.2) is 4.98 Å². The molecule has 1 aromatic rings. The number of aromatic nitrogens is 2. The van der Waals surface area contributed by atoms with E-state index in [0.717, 1.165) is 0 Å². The minimum absolute atomic E-state index is 0.132. The maximum absolute atomic E-state index is 11.3. The van der Waals surface area contributed by atoms with Crippen LogP contribution in [0.25, 0.3) is 0 Å². The number of rotatable bonds is 6. The highest BCUT2D eigenvalue weighted by atomic mass is 32.2. The van der Waals surface area contributed by atoms with E-state index in [0.29, 0.717) is 12.5 Å². The van der Waals surface area contributed by atoms with Crippen molar-refractivity contribution in [2.45, 2.75) is 19.1 Å². The molecular formula is C10H17N5O3S. The fourth-order valence-corrected chi connectivity index (χ4v) is 1.70. The normalized spacial score (nSPS) is 13.7. The minimum atomic E-state index is -1.01. The summed E-state index contributed by atoms with van der Waals surface area (Å²) in [6, 6.07) is 0. The third kappa shape index (κ3) is 3.85. The molecule has 0 aliphatic heterocycles. The first kappa shape index (κ1) is 15.3. The number of nitro groups is 1. The predicted molar refractivity (Wildman–Crippen MR) is 75.0 cm³/mol. The Morgan fingerprint density at radius 3 is 2.58 bits per heavy atom. The number of aryl methyl sites for hydroxylation is 1. The van der Waals surface area contributed by atoms with Gasteiger partial charge in [-0.3, -0.25) is 14.3 Å². The van der Waals surface area contributed by atoms with Gasteiger partial charge in [-0.1, -0.05) is 0 Å². The van der Waals surface area contributed by atoms with Crippen LogP contribution in [0.1, 0.15) is 12.6 Å². The average Bonchev–Trinajstić information content (AvgIpc) is 2.34. The van der Waals surface area contributed by atoms with Crippen molar-refractivity contribution in [3.8, 4) is 0 Å². The summed E-state index contributed by atoms with van der Waals surface area (Å²) < 4.78 is 11.3. The van der Waals surface area contributed by atoms with E-state index in [-0.39, 0.29) is 22.4 Å². The SMILES string of the molecule is CNc1nc(C)c([N+](=O)[O-])c(NCC(C)S(C)=O)n1. The van der Waals surface area contributed by atoms with Gasteiger partial charge in [-0.2, -0.15) is 4.98 Å². The van der Waals surface area contributed by atoms with Crippen molar-refractivity contribution in [3.63, 3.8) is 0 Å². The molecule has 0 radical (unpaired) electrons. The first-order valence-corrected chi connectivity index (χ1v) is 7.25. The highest BCUT2D eigenvalue weighted by Gasteiger charge is 2.22. The number of nitrogens with zero attached hydrogens (tertiary/aromatic N) is 3. The maximum Gasteiger partial charge on any atom is 0.332 e. The lowest BCUT2D eigenvalue weighted by molar-refractivity contribution is -0.385. The van der Waals surface area contributed by atoms with Gasteiger partial charge >= 0.3 is 5.69 Å². The number of nitrogens with one attached hydrogen (secondary N) is 2. The number of anilines is 2. The fourth-order valence-electron chi connectivity index (χ4n) is 1.38. The third-order valence-corrected chi connectivity index (χ3v) is 3.89. The molecule has 0 saturated heterocycles. The van der Waals surface area contributed by atoms with Crippen LogP contribution in [-0.2, 0) is 10.8 Å². The van der Waals surface area contributed by atoms with Crippen LogP contribution in [0.5, 0.6) is 0 Å². The van der Waals surface area contributed by atoms with Crippen LogP contribution >= 0.6 is 0 Å². The van der Waals surface area contributed by atoms with Gasteiger partial charge < -0.3 is 10.6 Å². The molecule has 9 heteroatoms. The molecule has 0 bridgehead atoms. The van der Waals surface area contributed by atoms with Crippen LogP contribution in [0.4, 0.5) is 17.5 Å². The molecule has 19 heavy (non-hydrogen) atoms. The molecule has 8 nitrogen and oxygen atoms in total. The Bertz CT molecular complexity index is 508. The van der Waals surface area contributed by atoms with Gasteiger partial charge in [0.25, 0.3) is 0 Å². The van der Waals surface area contributed by atoms with Crippen LogP contribution in [-0.4, -0.2) is 44.2 Å². The number of hydrogen-bond donors (Lipinski definition) is 2. The topological polar surface area (TPSA) is 110 Å². The molecule has 1 rings (SSSR count). The Kier molecular flexibility index (Phi) is 5.16. The second kappa shape index (κ2) is 6.41.